The lowest BCUT2D eigenvalue weighted by atomic mass is 9.76. The number of nitrogens with one attached hydrogen (secondary N) is 1. The summed E-state index contributed by atoms with van der Waals surface area (Å²) in [7, 11) is 0. The van der Waals surface area contributed by atoms with Gasteiger partial charge in [0.2, 0.25) is 0 Å². The maximum atomic E-state index is 12.5. The van der Waals surface area contributed by atoms with Gasteiger partial charge in [-0.15, -0.1) is 0 Å². The molecule has 0 radical (unpaired) electrons. The topological polar surface area (TPSA) is 75.6 Å². The predicted octanol–water partition coefficient (Wildman–Crippen LogP) is 4.68. The lowest BCUT2D eigenvalue weighted by molar-refractivity contribution is -0.148. The van der Waals surface area contributed by atoms with E-state index in [0.29, 0.717) is 12.8 Å². The van der Waals surface area contributed by atoms with Crippen LogP contribution in [-0.4, -0.2) is 29.3 Å². The van der Waals surface area contributed by atoms with Gasteiger partial charge < -0.3 is 15.2 Å². The zero-order valence-electron chi connectivity index (χ0n) is 17.9. The molecule has 0 aliphatic rings. The lowest BCUT2D eigenvalue weighted by Crippen LogP contribution is -2.47. The fraction of sp³-hybridized carbons (Fsp3) is 0.417. The van der Waals surface area contributed by atoms with Crippen LogP contribution in [-0.2, 0) is 22.4 Å². The van der Waals surface area contributed by atoms with Crippen LogP contribution in [0.5, 0.6) is 0 Å². The second-order valence-corrected chi connectivity index (χ2v) is 8.77. The van der Waals surface area contributed by atoms with Crippen LogP contribution in [0.4, 0.5) is 4.79 Å². The standard InChI is InChI=1S/C24H31NO4/c1-17-6-10-19(11-7-17)14-24(21(26)27,15-20-12-8-18(2)9-13-20)16-25-22(28)29-23(3,4)5/h6-13H,14-16H2,1-5H3,(H,25,28)(H,26,27). The van der Waals surface area contributed by atoms with Crippen molar-refractivity contribution >= 4 is 12.1 Å². The number of carboxylic acids is 1. The Morgan fingerprint density at radius 3 is 1.62 bits per heavy atom. The monoisotopic (exact) mass is 397 g/mol. The Kier molecular flexibility index (Phi) is 7.07. The summed E-state index contributed by atoms with van der Waals surface area (Å²) in [4.78, 5) is 24.7. The van der Waals surface area contributed by atoms with Gasteiger partial charge in [-0.2, -0.15) is 0 Å². The van der Waals surface area contributed by atoms with Gasteiger partial charge in [-0.05, 0) is 58.6 Å². The molecule has 0 saturated heterocycles. The van der Waals surface area contributed by atoms with Crippen molar-refractivity contribution in [3.05, 3.63) is 70.8 Å². The predicted molar refractivity (Wildman–Crippen MR) is 114 cm³/mol. The van der Waals surface area contributed by atoms with E-state index in [9.17, 15) is 14.7 Å². The van der Waals surface area contributed by atoms with Gasteiger partial charge in [-0.3, -0.25) is 4.79 Å². The Bertz CT molecular complexity index is 785. The van der Waals surface area contributed by atoms with Crippen molar-refractivity contribution in [2.75, 3.05) is 6.54 Å². The fourth-order valence-electron chi connectivity index (χ4n) is 3.16. The molecule has 0 fully saturated rings. The van der Waals surface area contributed by atoms with E-state index in [-0.39, 0.29) is 6.54 Å². The van der Waals surface area contributed by atoms with Crippen LogP contribution in [0.1, 0.15) is 43.0 Å². The molecule has 2 aromatic carbocycles. The number of aliphatic carboxylic acids is 1. The summed E-state index contributed by atoms with van der Waals surface area (Å²) >= 11 is 0. The highest BCUT2D eigenvalue weighted by Gasteiger charge is 2.39. The second kappa shape index (κ2) is 9.12. The molecule has 0 heterocycles. The third kappa shape index (κ3) is 6.93. The molecule has 0 saturated carbocycles. The molecule has 5 heteroatoms. The Hall–Kier alpha value is -2.82. The first kappa shape index (κ1) is 22.5. The van der Waals surface area contributed by atoms with Crippen molar-refractivity contribution in [3.8, 4) is 0 Å². The molecule has 0 aromatic heterocycles. The number of hydrogen-bond donors (Lipinski definition) is 2. The van der Waals surface area contributed by atoms with Crippen molar-refractivity contribution in [2.24, 2.45) is 5.41 Å². The Morgan fingerprint density at radius 1 is 0.862 bits per heavy atom. The quantitative estimate of drug-likeness (QED) is 0.711. The summed E-state index contributed by atoms with van der Waals surface area (Å²) in [5.41, 5.74) is 2.21. The summed E-state index contributed by atoms with van der Waals surface area (Å²) in [6.45, 7) is 9.27. The summed E-state index contributed by atoms with van der Waals surface area (Å²) in [5, 5.41) is 12.9. The summed E-state index contributed by atoms with van der Waals surface area (Å²) < 4.78 is 5.30. The number of hydrogen-bond acceptors (Lipinski definition) is 3. The van der Waals surface area contributed by atoms with Crippen LogP contribution >= 0.6 is 0 Å². The zero-order valence-corrected chi connectivity index (χ0v) is 17.9. The van der Waals surface area contributed by atoms with E-state index in [4.69, 9.17) is 4.74 Å². The molecule has 1 amide bonds. The largest absolute Gasteiger partial charge is 0.481 e. The second-order valence-electron chi connectivity index (χ2n) is 8.77. The lowest BCUT2D eigenvalue weighted by Gasteiger charge is -2.31. The molecule has 5 nitrogen and oxygen atoms in total. The molecule has 0 aliphatic heterocycles. The van der Waals surface area contributed by atoms with E-state index in [1.54, 1.807) is 20.8 Å². The van der Waals surface area contributed by atoms with Gasteiger partial charge in [0.05, 0.1) is 5.41 Å². The maximum Gasteiger partial charge on any atom is 0.407 e. The van der Waals surface area contributed by atoms with Crippen LogP contribution in [0.3, 0.4) is 0 Å². The molecule has 0 unspecified atom stereocenters. The number of carbonyl (C=O) groups is 2. The normalized spacial score (nSPS) is 11.8. The number of ether oxygens (including phenoxy) is 1. The van der Waals surface area contributed by atoms with E-state index in [1.165, 1.54) is 0 Å². The van der Waals surface area contributed by atoms with Gasteiger partial charge >= 0.3 is 12.1 Å². The molecule has 2 rings (SSSR count). The third-order valence-corrected chi connectivity index (χ3v) is 4.75. The highest BCUT2D eigenvalue weighted by molar-refractivity contribution is 5.77. The highest BCUT2D eigenvalue weighted by atomic mass is 16.6. The molecule has 156 valence electrons. The molecule has 0 bridgehead atoms. The Balaban J connectivity index is 2.31. The van der Waals surface area contributed by atoms with Crippen LogP contribution < -0.4 is 5.32 Å². The summed E-state index contributed by atoms with van der Waals surface area (Å²) in [6, 6.07) is 15.6. The van der Waals surface area contributed by atoms with Gasteiger partial charge in [0.1, 0.15) is 5.60 Å². The number of benzene rings is 2. The van der Waals surface area contributed by atoms with Gasteiger partial charge in [-0.1, -0.05) is 59.7 Å². The van der Waals surface area contributed by atoms with Crippen LogP contribution in [0.15, 0.2) is 48.5 Å². The zero-order chi connectivity index (χ0) is 21.7. The smallest absolute Gasteiger partial charge is 0.407 e. The molecule has 29 heavy (non-hydrogen) atoms. The first-order chi connectivity index (χ1) is 13.5. The van der Waals surface area contributed by atoms with Crippen molar-refractivity contribution in [1.82, 2.24) is 5.32 Å². The number of aryl methyl sites for hydroxylation is 2. The van der Waals surface area contributed by atoms with Crippen molar-refractivity contribution in [2.45, 2.75) is 53.1 Å². The van der Waals surface area contributed by atoms with Crippen LogP contribution in [0, 0.1) is 19.3 Å². The van der Waals surface area contributed by atoms with Gasteiger partial charge in [0, 0.05) is 6.54 Å². The molecule has 2 aromatic rings. The van der Waals surface area contributed by atoms with E-state index in [1.807, 2.05) is 62.4 Å². The summed E-state index contributed by atoms with van der Waals surface area (Å²) in [6.07, 6.45) is -0.0191. The number of alkyl carbamates (subject to hydrolysis) is 1. The molecular weight excluding hydrogens is 366 g/mol. The summed E-state index contributed by atoms with van der Waals surface area (Å²) in [5.74, 6) is -0.949. The van der Waals surface area contributed by atoms with E-state index in [2.05, 4.69) is 5.32 Å². The van der Waals surface area contributed by atoms with Gasteiger partial charge in [-0.25, -0.2) is 4.79 Å². The SMILES string of the molecule is Cc1ccc(CC(CNC(=O)OC(C)(C)C)(Cc2ccc(C)cc2)C(=O)O)cc1. The minimum atomic E-state index is -1.19. The highest BCUT2D eigenvalue weighted by Crippen LogP contribution is 2.29. The Labute approximate surface area is 173 Å². The van der Waals surface area contributed by atoms with E-state index >= 15 is 0 Å². The van der Waals surface area contributed by atoms with Crippen molar-refractivity contribution < 1.29 is 19.4 Å². The minimum Gasteiger partial charge on any atom is -0.481 e. The number of carboxylic acid groups (broad SMARTS) is 1. The first-order valence-corrected chi connectivity index (χ1v) is 9.80. The number of rotatable bonds is 7. The van der Waals surface area contributed by atoms with E-state index < -0.39 is 23.1 Å². The van der Waals surface area contributed by atoms with Gasteiger partial charge in [0.25, 0.3) is 0 Å². The van der Waals surface area contributed by atoms with Crippen molar-refractivity contribution in [1.29, 1.82) is 0 Å². The van der Waals surface area contributed by atoms with Crippen LogP contribution in [0.25, 0.3) is 0 Å². The van der Waals surface area contributed by atoms with Crippen LogP contribution in [0.2, 0.25) is 0 Å². The van der Waals surface area contributed by atoms with Gasteiger partial charge in [0.15, 0.2) is 0 Å². The molecule has 0 spiro atoms. The maximum absolute atomic E-state index is 12.5. The molecular formula is C24H31NO4. The average molecular weight is 398 g/mol. The average Bonchev–Trinajstić information content (AvgIpc) is 2.62. The third-order valence-electron chi connectivity index (χ3n) is 4.75. The number of carbonyl (C=O) groups excluding carboxylic acids is 1. The van der Waals surface area contributed by atoms with E-state index in [0.717, 1.165) is 22.3 Å². The van der Waals surface area contributed by atoms with Crippen molar-refractivity contribution in [3.63, 3.8) is 0 Å². The minimum absolute atomic E-state index is 0.0288. The molecule has 0 atom stereocenters. The number of amides is 1. The molecule has 2 N–H and O–H groups in total. The first-order valence-electron chi connectivity index (χ1n) is 9.80. The molecule has 0 aliphatic carbocycles. The Morgan fingerprint density at radius 2 is 1.28 bits per heavy atom. The fourth-order valence-corrected chi connectivity index (χ4v) is 3.16.